The smallest absolute Gasteiger partial charge is 0.354 e. The van der Waals surface area contributed by atoms with Gasteiger partial charge in [-0.15, -0.1) is 0 Å². The quantitative estimate of drug-likeness (QED) is 0.268. The molecule has 3 aliphatic rings. The number of urea groups is 1. The van der Waals surface area contributed by atoms with Gasteiger partial charge in [-0.1, -0.05) is 18.2 Å². The molecule has 50 heavy (non-hydrogen) atoms. The first-order valence-corrected chi connectivity index (χ1v) is 16.0. The van der Waals surface area contributed by atoms with Crippen molar-refractivity contribution in [1.82, 2.24) is 34.8 Å². The van der Waals surface area contributed by atoms with Crippen molar-refractivity contribution in [3.8, 4) is 11.1 Å². The van der Waals surface area contributed by atoms with Crippen LogP contribution in [0.3, 0.4) is 0 Å². The van der Waals surface area contributed by atoms with Crippen LogP contribution in [0, 0.1) is 0 Å². The summed E-state index contributed by atoms with van der Waals surface area (Å²) in [5.41, 5.74) is 3.07. The lowest BCUT2D eigenvalue weighted by Crippen LogP contribution is -2.58. The number of nitrogens with one attached hydrogen (secondary N) is 1. The van der Waals surface area contributed by atoms with E-state index in [1.54, 1.807) is 35.5 Å². The third kappa shape index (κ3) is 5.21. The Hall–Kier alpha value is -5.83. The van der Waals surface area contributed by atoms with Gasteiger partial charge in [0.25, 0.3) is 11.8 Å². The highest BCUT2D eigenvalue weighted by molar-refractivity contribution is 6.22. The molecule has 2 aromatic carbocycles. The molecule has 0 aliphatic carbocycles. The number of hydrazine groups is 1. The van der Waals surface area contributed by atoms with Crippen LogP contribution in [-0.4, -0.2) is 85.9 Å². The van der Waals surface area contributed by atoms with Gasteiger partial charge in [0.1, 0.15) is 5.82 Å². The Morgan fingerprint density at radius 3 is 2.34 bits per heavy atom. The molecule has 3 aromatic heterocycles. The molecule has 0 radical (unpaired) electrons. The highest BCUT2D eigenvalue weighted by Crippen LogP contribution is 2.39. The van der Waals surface area contributed by atoms with Gasteiger partial charge in [0, 0.05) is 86.6 Å². The first-order chi connectivity index (χ1) is 24.0. The Balaban J connectivity index is 0.978. The van der Waals surface area contributed by atoms with Gasteiger partial charge in [0.15, 0.2) is 0 Å². The van der Waals surface area contributed by atoms with E-state index in [0.717, 1.165) is 43.5 Å². The summed E-state index contributed by atoms with van der Waals surface area (Å²) in [6, 6.07) is 12.6. The van der Waals surface area contributed by atoms with Crippen molar-refractivity contribution in [2.24, 2.45) is 7.05 Å². The fourth-order valence-electron chi connectivity index (χ4n) is 7.02. The molecule has 15 heteroatoms. The second-order valence-corrected chi connectivity index (χ2v) is 12.6. The zero-order chi connectivity index (χ0) is 34.9. The molecule has 6 heterocycles. The summed E-state index contributed by atoms with van der Waals surface area (Å²) < 4.78 is 45.5. The number of carbonyl (C=O) groups is 4. The molecule has 254 valence electrons. The summed E-state index contributed by atoms with van der Waals surface area (Å²) in [6.07, 6.45) is 0.303. The van der Waals surface area contributed by atoms with Crippen molar-refractivity contribution in [3.05, 3.63) is 89.4 Å². The summed E-state index contributed by atoms with van der Waals surface area (Å²) >= 11 is 0. The number of nitrogens with zero attached hydrogens (tertiary/aromatic N) is 7. The van der Waals surface area contributed by atoms with Crippen molar-refractivity contribution >= 4 is 51.4 Å². The SMILES string of the molecule is Cn1c2ccncc2c2ccc(-c3cnc(N4CCN(Cc5ccc6c(c5)C(=O)N(N5CCC(=O)NC5=O)C6=O)CC4)c(C(F)(F)F)c3)cc21. The van der Waals surface area contributed by atoms with Gasteiger partial charge in [-0.2, -0.15) is 18.2 Å². The molecule has 2 saturated heterocycles. The van der Waals surface area contributed by atoms with Crippen LogP contribution in [0.15, 0.2) is 67.1 Å². The zero-order valence-corrected chi connectivity index (χ0v) is 26.7. The van der Waals surface area contributed by atoms with Gasteiger partial charge in [-0.3, -0.25) is 29.6 Å². The normalized spacial score (nSPS) is 17.3. The lowest BCUT2D eigenvalue weighted by molar-refractivity contribution is -0.137. The van der Waals surface area contributed by atoms with Gasteiger partial charge in [0.2, 0.25) is 5.91 Å². The van der Waals surface area contributed by atoms with E-state index in [-0.39, 0.29) is 29.9 Å². The number of carbonyl (C=O) groups excluding carboxylic acids is 4. The molecule has 0 atom stereocenters. The number of alkyl halides is 3. The van der Waals surface area contributed by atoms with Gasteiger partial charge >= 0.3 is 12.2 Å². The van der Waals surface area contributed by atoms with E-state index in [9.17, 15) is 32.3 Å². The fourth-order valence-corrected chi connectivity index (χ4v) is 7.02. The number of hydrogen-bond acceptors (Lipinski definition) is 8. The maximum absolute atomic E-state index is 14.5. The van der Waals surface area contributed by atoms with Crippen molar-refractivity contribution < 1.29 is 32.3 Å². The Labute approximate surface area is 282 Å². The average molecular weight is 683 g/mol. The molecular formula is C35H29F3N8O4. The monoisotopic (exact) mass is 682 g/mol. The van der Waals surface area contributed by atoms with E-state index >= 15 is 0 Å². The van der Waals surface area contributed by atoms with Gasteiger partial charge < -0.3 is 9.47 Å². The van der Waals surface area contributed by atoms with Gasteiger partial charge in [-0.05, 0) is 41.5 Å². The molecule has 0 spiro atoms. The number of fused-ring (bicyclic) bond motifs is 4. The molecule has 5 aromatic rings. The molecule has 5 amide bonds. The summed E-state index contributed by atoms with van der Waals surface area (Å²) in [5.74, 6) is -1.92. The Kier molecular flexibility index (Phi) is 7.33. The number of pyridine rings is 2. The summed E-state index contributed by atoms with van der Waals surface area (Å²) in [4.78, 5) is 62.3. The number of aryl methyl sites for hydroxylation is 1. The van der Waals surface area contributed by atoms with Crippen LogP contribution in [0.2, 0.25) is 0 Å². The van der Waals surface area contributed by atoms with E-state index in [1.807, 2.05) is 29.8 Å². The number of halogens is 3. The third-order valence-electron chi connectivity index (χ3n) is 9.59. The molecule has 3 aliphatic heterocycles. The summed E-state index contributed by atoms with van der Waals surface area (Å²) in [6.45, 7) is 1.76. The molecule has 12 nitrogen and oxygen atoms in total. The highest BCUT2D eigenvalue weighted by atomic mass is 19.4. The molecular weight excluding hydrogens is 653 g/mol. The number of hydrogen-bond donors (Lipinski definition) is 1. The second-order valence-electron chi connectivity index (χ2n) is 12.6. The molecule has 0 saturated carbocycles. The first-order valence-electron chi connectivity index (χ1n) is 16.0. The van der Waals surface area contributed by atoms with Crippen molar-refractivity contribution in [1.29, 1.82) is 0 Å². The lowest BCUT2D eigenvalue weighted by Gasteiger charge is -2.36. The maximum Gasteiger partial charge on any atom is 0.419 e. The standard InChI is InChI=1S/C35H29F3N8O4/c1-42-28-6-8-39-18-26(28)23-5-3-21(16-29(23)42)22-15-27(35(36,37)38)31(40-17-22)44-12-10-43(11-13-44)19-20-2-4-24-25(14-20)33(49)46(32(24)48)45-9-7-30(47)41-34(45)50/h2-6,8,14-18H,7,9-13,19H2,1H3,(H,41,47,50). The van der Waals surface area contributed by atoms with E-state index in [4.69, 9.17) is 0 Å². The Morgan fingerprint density at radius 2 is 1.58 bits per heavy atom. The Bertz CT molecular complexity index is 2260. The molecule has 0 unspecified atom stereocenters. The fraction of sp³-hybridized carbons (Fsp3) is 0.257. The van der Waals surface area contributed by atoms with Crippen LogP contribution in [-0.2, 0) is 24.6 Å². The topological polar surface area (TPSA) is 124 Å². The minimum absolute atomic E-state index is 0.0408. The van der Waals surface area contributed by atoms with Crippen LogP contribution in [0.4, 0.5) is 23.8 Å². The number of rotatable bonds is 5. The maximum atomic E-state index is 14.5. The van der Waals surface area contributed by atoms with Crippen LogP contribution in [0.25, 0.3) is 32.9 Å². The summed E-state index contributed by atoms with van der Waals surface area (Å²) in [7, 11) is 1.91. The predicted octanol–water partition coefficient (Wildman–Crippen LogP) is 4.58. The van der Waals surface area contributed by atoms with Crippen LogP contribution in [0.1, 0.15) is 38.3 Å². The number of piperazine rings is 1. The molecule has 1 N–H and O–H groups in total. The van der Waals surface area contributed by atoms with Crippen LogP contribution in [0.5, 0.6) is 0 Å². The van der Waals surface area contributed by atoms with Gasteiger partial charge in [0.05, 0.1) is 28.8 Å². The van der Waals surface area contributed by atoms with Crippen LogP contribution >= 0.6 is 0 Å². The average Bonchev–Trinajstić information content (AvgIpc) is 3.53. The number of benzene rings is 2. The van der Waals surface area contributed by atoms with E-state index in [1.165, 1.54) is 12.3 Å². The zero-order valence-electron chi connectivity index (χ0n) is 26.7. The minimum atomic E-state index is -4.63. The number of anilines is 1. The van der Waals surface area contributed by atoms with Crippen molar-refractivity contribution in [3.63, 3.8) is 0 Å². The molecule has 2 fully saturated rings. The number of imide groups is 2. The lowest BCUT2D eigenvalue weighted by atomic mass is 10.0. The van der Waals surface area contributed by atoms with E-state index in [2.05, 4.69) is 20.2 Å². The minimum Gasteiger partial charge on any atom is -0.354 e. The van der Waals surface area contributed by atoms with Crippen LogP contribution < -0.4 is 10.2 Å². The second kappa shape index (κ2) is 11.7. The number of amides is 5. The molecule has 8 rings (SSSR count). The largest absolute Gasteiger partial charge is 0.419 e. The first kappa shape index (κ1) is 31.4. The van der Waals surface area contributed by atoms with E-state index < -0.39 is 35.5 Å². The predicted molar refractivity (Wildman–Crippen MR) is 176 cm³/mol. The number of aromatic nitrogens is 3. The third-order valence-corrected chi connectivity index (χ3v) is 9.59. The van der Waals surface area contributed by atoms with Gasteiger partial charge in [-0.25, -0.2) is 14.8 Å². The summed E-state index contributed by atoms with van der Waals surface area (Å²) in [5, 5.41) is 5.73. The molecule has 0 bridgehead atoms. The Morgan fingerprint density at radius 1 is 0.800 bits per heavy atom. The van der Waals surface area contributed by atoms with E-state index in [0.29, 0.717) is 43.9 Å². The highest BCUT2D eigenvalue weighted by Gasteiger charge is 2.43. The van der Waals surface area contributed by atoms with Crippen molar-refractivity contribution in [2.45, 2.75) is 19.1 Å². The van der Waals surface area contributed by atoms with Crippen molar-refractivity contribution in [2.75, 3.05) is 37.6 Å².